The van der Waals surface area contributed by atoms with Gasteiger partial charge in [-0.1, -0.05) is 6.07 Å². The van der Waals surface area contributed by atoms with Gasteiger partial charge < -0.3 is 9.80 Å². The Labute approximate surface area is 108 Å². The summed E-state index contributed by atoms with van der Waals surface area (Å²) in [5.41, 5.74) is 0. The second kappa shape index (κ2) is 5.46. The van der Waals surface area contributed by atoms with Crippen molar-refractivity contribution in [3.05, 3.63) is 24.4 Å². The van der Waals surface area contributed by atoms with E-state index in [9.17, 15) is 18.0 Å². The van der Waals surface area contributed by atoms with Crippen LogP contribution in [0.2, 0.25) is 0 Å². The van der Waals surface area contributed by atoms with Gasteiger partial charge in [0.1, 0.15) is 5.82 Å². The van der Waals surface area contributed by atoms with Crippen LogP contribution in [0.25, 0.3) is 0 Å². The van der Waals surface area contributed by atoms with Crippen LogP contribution in [0, 0.1) is 0 Å². The number of nitrogens with zero attached hydrogens (tertiary/aromatic N) is 3. The number of pyridine rings is 1. The summed E-state index contributed by atoms with van der Waals surface area (Å²) in [5.74, 6) is -1.03. The largest absolute Gasteiger partial charge is 0.471 e. The average molecular weight is 273 g/mol. The first-order valence-electron chi connectivity index (χ1n) is 6.00. The van der Waals surface area contributed by atoms with E-state index in [2.05, 4.69) is 4.98 Å². The van der Waals surface area contributed by atoms with Gasteiger partial charge in [-0.15, -0.1) is 0 Å². The van der Waals surface area contributed by atoms with Crippen molar-refractivity contribution in [3.63, 3.8) is 0 Å². The van der Waals surface area contributed by atoms with Crippen LogP contribution in [0.5, 0.6) is 0 Å². The molecular weight excluding hydrogens is 259 g/mol. The summed E-state index contributed by atoms with van der Waals surface area (Å²) in [6, 6.07) is 5.41. The molecule has 1 aromatic heterocycles. The molecule has 0 N–H and O–H groups in total. The first-order valence-corrected chi connectivity index (χ1v) is 6.00. The minimum Gasteiger partial charge on any atom is -0.355 e. The highest BCUT2D eigenvalue weighted by Crippen LogP contribution is 2.20. The fourth-order valence-corrected chi connectivity index (χ4v) is 2.07. The SMILES string of the molecule is O=C(N1CCCN(c2ccccn2)CC1)C(F)(F)F. The van der Waals surface area contributed by atoms with E-state index in [0.717, 1.165) is 10.7 Å². The lowest BCUT2D eigenvalue weighted by molar-refractivity contribution is -0.185. The maximum absolute atomic E-state index is 12.4. The highest BCUT2D eigenvalue weighted by atomic mass is 19.4. The molecule has 1 aliphatic rings. The van der Waals surface area contributed by atoms with Gasteiger partial charge in [0.25, 0.3) is 0 Å². The van der Waals surface area contributed by atoms with Crippen LogP contribution in [-0.4, -0.2) is 48.1 Å². The first kappa shape index (κ1) is 13.6. The summed E-state index contributed by atoms with van der Waals surface area (Å²) in [7, 11) is 0. The summed E-state index contributed by atoms with van der Waals surface area (Å²) in [6.07, 6.45) is -2.66. The second-order valence-electron chi connectivity index (χ2n) is 4.32. The number of halogens is 3. The standard InChI is InChI=1S/C12H14F3N3O/c13-12(14,15)11(19)18-7-3-6-17(8-9-18)10-4-1-2-5-16-10/h1-2,4-5H,3,6-9H2. The minimum absolute atomic E-state index is 0.0644. The predicted molar refractivity (Wildman–Crippen MR) is 63.7 cm³/mol. The summed E-state index contributed by atoms with van der Waals surface area (Å²) in [4.78, 5) is 18.1. The third-order valence-electron chi connectivity index (χ3n) is 3.00. The van der Waals surface area contributed by atoms with Crippen molar-refractivity contribution in [2.24, 2.45) is 0 Å². The zero-order valence-electron chi connectivity index (χ0n) is 10.2. The van der Waals surface area contributed by atoms with Crippen molar-refractivity contribution in [2.75, 3.05) is 31.1 Å². The van der Waals surface area contributed by atoms with Crippen LogP contribution >= 0.6 is 0 Å². The van der Waals surface area contributed by atoms with Gasteiger partial charge in [-0.05, 0) is 18.6 Å². The van der Waals surface area contributed by atoms with E-state index in [1.165, 1.54) is 0 Å². The summed E-state index contributed by atoms with van der Waals surface area (Å²) in [6.45, 7) is 1.15. The Bertz CT molecular complexity index is 436. The number of anilines is 1. The van der Waals surface area contributed by atoms with Crippen LogP contribution < -0.4 is 4.90 Å². The molecule has 0 radical (unpaired) electrons. The summed E-state index contributed by atoms with van der Waals surface area (Å²) >= 11 is 0. The monoisotopic (exact) mass is 273 g/mol. The van der Waals surface area contributed by atoms with Crippen molar-refractivity contribution >= 4 is 11.7 Å². The summed E-state index contributed by atoms with van der Waals surface area (Å²) in [5, 5.41) is 0. The lowest BCUT2D eigenvalue weighted by Gasteiger charge is -2.23. The molecule has 4 nitrogen and oxygen atoms in total. The Balaban J connectivity index is 2.01. The molecule has 1 aliphatic heterocycles. The molecule has 0 atom stereocenters. The predicted octanol–water partition coefficient (Wildman–Crippen LogP) is 1.68. The summed E-state index contributed by atoms with van der Waals surface area (Å²) < 4.78 is 37.1. The van der Waals surface area contributed by atoms with Crippen molar-refractivity contribution < 1.29 is 18.0 Å². The molecule has 0 bridgehead atoms. The highest BCUT2D eigenvalue weighted by molar-refractivity contribution is 5.81. The number of rotatable bonds is 1. The Morgan fingerprint density at radius 1 is 1.16 bits per heavy atom. The van der Waals surface area contributed by atoms with Crippen LogP contribution in [0.1, 0.15) is 6.42 Å². The molecule has 1 aromatic rings. The number of hydrogen-bond acceptors (Lipinski definition) is 3. The lowest BCUT2D eigenvalue weighted by atomic mass is 10.3. The maximum Gasteiger partial charge on any atom is 0.471 e. The van der Waals surface area contributed by atoms with E-state index < -0.39 is 12.1 Å². The van der Waals surface area contributed by atoms with Crippen LogP contribution in [0.15, 0.2) is 24.4 Å². The second-order valence-corrected chi connectivity index (χ2v) is 4.32. The fourth-order valence-electron chi connectivity index (χ4n) is 2.07. The molecule has 1 saturated heterocycles. The number of hydrogen-bond donors (Lipinski definition) is 0. The molecule has 19 heavy (non-hydrogen) atoms. The molecule has 0 unspecified atom stereocenters. The molecular formula is C12H14F3N3O. The molecule has 0 saturated carbocycles. The highest BCUT2D eigenvalue weighted by Gasteiger charge is 2.42. The number of carbonyl (C=O) groups excluding carboxylic acids is 1. The van der Waals surface area contributed by atoms with Gasteiger partial charge in [0.05, 0.1) is 0 Å². The smallest absolute Gasteiger partial charge is 0.355 e. The number of amides is 1. The van der Waals surface area contributed by atoms with E-state index in [0.29, 0.717) is 19.5 Å². The Kier molecular flexibility index (Phi) is 3.92. The van der Waals surface area contributed by atoms with Crippen LogP contribution in [0.4, 0.5) is 19.0 Å². The van der Waals surface area contributed by atoms with E-state index in [1.54, 1.807) is 18.3 Å². The number of aromatic nitrogens is 1. The lowest BCUT2D eigenvalue weighted by Crippen LogP contribution is -2.43. The normalized spacial score (nSPS) is 17.2. The van der Waals surface area contributed by atoms with Gasteiger partial charge in [-0.25, -0.2) is 4.98 Å². The van der Waals surface area contributed by atoms with Crippen LogP contribution in [0.3, 0.4) is 0 Å². The van der Waals surface area contributed by atoms with Gasteiger partial charge in [0, 0.05) is 32.4 Å². The Morgan fingerprint density at radius 3 is 2.58 bits per heavy atom. The number of alkyl halides is 3. The third-order valence-corrected chi connectivity index (χ3v) is 3.00. The fraction of sp³-hybridized carbons (Fsp3) is 0.500. The van der Waals surface area contributed by atoms with E-state index in [-0.39, 0.29) is 13.1 Å². The van der Waals surface area contributed by atoms with E-state index in [4.69, 9.17) is 0 Å². The molecule has 0 aliphatic carbocycles. The topological polar surface area (TPSA) is 36.4 Å². The van der Waals surface area contributed by atoms with E-state index >= 15 is 0 Å². The average Bonchev–Trinajstić information content (AvgIpc) is 2.63. The van der Waals surface area contributed by atoms with Gasteiger partial charge in [-0.3, -0.25) is 4.79 Å². The van der Waals surface area contributed by atoms with Crippen LogP contribution in [-0.2, 0) is 4.79 Å². The molecule has 2 rings (SSSR count). The maximum atomic E-state index is 12.4. The molecule has 0 spiro atoms. The minimum atomic E-state index is -4.79. The number of carbonyl (C=O) groups is 1. The Morgan fingerprint density at radius 2 is 1.95 bits per heavy atom. The van der Waals surface area contributed by atoms with E-state index in [1.807, 2.05) is 11.0 Å². The van der Waals surface area contributed by atoms with Gasteiger partial charge in [-0.2, -0.15) is 13.2 Å². The molecule has 1 fully saturated rings. The molecule has 104 valence electrons. The Hall–Kier alpha value is -1.79. The van der Waals surface area contributed by atoms with Crippen molar-refractivity contribution in [2.45, 2.75) is 12.6 Å². The molecule has 1 amide bonds. The van der Waals surface area contributed by atoms with Crippen molar-refractivity contribution in [1.29, 1.82) is 0 Å². The van der Waals surface area contributed by atoms with Crippen molar-refractivity contribution in [3.8, 4) is 0 Å². The zero-order chi connectivity index (χ0) is 13.9. The van der Waals surface area contributed by atoms with Gasteiger partial charge in [0.15, 0.2) is 0 Å². The molecule has 0 aromatic carbocycles. The quantitative estimate of drug-likeness (QED) is 0.781. The molecule has 7 heteroatoms. The third kappa shape index (κ3) is 3.36. The van der Waals surface area contributed by atoms with Crippen molar-refractivity contribution in [1.82, 2.24) is 9.88 Å². The molecule has 2 heterocycles. The first-order chi connectivity index (χ1) is 8.98. The van der Waals surface area contributed by atoms with Gasteiger partial charge in [0.2, 0.25) is 0 Å². The van der Waals surface area contributed by atoms with Gasteiger partial charge >= 0.3 is 12.1 Å². The zero-order valence-corrected chi connectivity index (χ0v) is 10.2.